The average Bonchev–Trinajstić information content (AvgIpc) is 2.27. The van der Waals surface area contributed by atoms with Crippen LogP contribution in [0, 0.1) is 17.3 Å². The second-order valence-electron chi connectivity index (χ2n) is 5.78. The van der Waals surface area contributed by atoms with Crippen molar-refractivity contribution in [3.8, 4) is 0 Å². The van der Waals surface area contributed by atoms with Gasteiger partial charge in [0, 0.05) is 0 Å². The summed E-state index contributed by atoms with van der Waals surface area (Å²) in [6.45, 7) is 4.87. The zero-order valence-corrected chi connectivity index (χ0v) is 10.2. The van der Waals surface area contributed by atoms with E-state index in [0.29, 0.717) is 5.41 Å². The van der Waals surface area contributed by atoms with Crippen molar-refractivity contribution in [3.05, 3.63) is 24.3 Å². The standard InChI is InChI=1S/C15H24/c1-13-7-5-10-14-9-3-4-11-15(14,2)12-6-8-13/h3-4,9,11,13-14H,5-8,10,12H2,1-2H3. The quantitative estimate of drug-likeness (QED) is 0.535. The van der Waals surface area contributed by atoms with E-state index in [2.05, 4.69) is 38.2 Å². The molecule has 0 saturated heterocycles. The van der Waals surface area contributed by atoms with E-state index >= 15 is 0 Å². The minimum absolute atomic E-state index is 0.457. The van der Waals surface area contributed by atoms with Crippen LogP contribution in [0.25, 0.3) is 0 Å². The zero-order chi connectivity index (χ0) is 10.7. The molecule has 84 valence electrons. The average molecular weight is 204 g/mol. The van der Waals surface area contributed by atoms with Gasteiger partial charge in [0.1, 0.15) is 0 Å². The van der Waals surface area contributed by atoms with E-state index in [1.54, 1.807) is 0 Å². The highest BCUT2D eigenvalue weighted by atomic mass is 14.4. The van der Waals surface area contributed by atoms with E-state index in [9.17, 15) is 0 Å². The van der Waals surface area contributed by atoms with Crippen LogP contribution in [0.1, 0.15) is 52.4 Å². The second kappa shape index (κ2) is 4.55. The largest absolute Gasteiger partial charge is 0.0806 e. The van der Waals surface area contributed by atoms with Gasteiger partial charge in [0.2, 0.25) is 0 Å². The van der Waals surface area contributed by atoms with Crippen LogP contribution in [-0.2, 0) is 0 Å². The SMILES string of the molecule is CC1CCCC2C=CC=CC2(C)CCC1. The van der Waals surface area contributed by atoms with Gasteiger partial charge in [-0.3, -0.25) is 0 Å². The van der Waals surface area contributed by atoms with Gasteiger partial charge in [0.25, 0.3) is 0 Å². The fourth-order valence-electron chi connectivity index (χ4n) is 3.17. The van der Waals surface area contributed by atoms with Gasteiger partial charge in [0.15, 0.2) is 0 Å². The molecule has 0 spiro atoms. The number of fused-ring (bicyclic) bond motifs is 1. The molecular weight excluding hydrogens is 180 g/mol. The Hall–Kier alpha value is -0.520. The minimum Gasteiger partial charge on any atom is -0.0806 e. The van der Waals surface area contributed by atoms with Gasteiger partial charge >= 0.3 is 0 Å². The smallest absolute Gasteiger partial charge is 0.00806 e. The molecule has 0 nitrogen and oxygen atoms in total. The van der Waals surface area contributed by atoms with E-state index in [1.165, 1.54) is 38.5 Å². The number of allylic oxidation sites excluding steroid dienone is 4. The maximum atomic E-state index is 2.45. The summed E-state index contributed by atoms with van der Waals surface area (Å²) in [7, 11) is 0. The number of hydrogen-bond donors (Lipinski definition) is 0. The lowest BCUT2D eigenvalue weighted by atomic mass is 9.70. The predicted octanol–water partition coefficient (Wildman–Crippen LogP) is 4.73. The summed E-state index contributed by atoms with van der Waals surface area (Å²) in [5.74, 6) is 1.74. The van der Waals surface area contributed by atoms with Crippen molar-refractivity contribution < 1.29 is 0 Å². The fourth-order valence-corrected chi connectivity index (χ4v) is 3.17. The van der Waals surface area contributed by atoms with Crippen molar-refractivity contribution in [2.24, 2.45) is 17.3 Å². The molecule has 2 aliphatic carbocycles. The Morgan fingerprint density at radius 1 is 1.07 bits per heavy atom. The molecule has 0 aromatic rings. The summed E-state index contributed by atoms with van der Waals surface area (Å²) in [5, 5.41) is 0. The van der Waals surface area contributed by atoms with Crippen LogP contribution in [0.2, 0.25) is 0 Å². The normalized spacial score (nSPS) is 41.5. The molecule has 2 aliphatic rings. The first-order valence-electron chi connectivity index (χ1n) is 6.57. The van der Waals surface area contributed by atoms with E-state index in [4.69, 9.17) is 0 Å². The molecule has 0 bridgehead atoms. The molecule has 0 N–H and O–H groups in total. The van der Waals surface area contributed by atoms with Crippen LogP contribution >= 0.6 is 0 Å². The van der Waals surface area contributed by atoms with Crippen molar-refractivity contribution in [1.29, 1.82) is 0 Å². The van der Waals surface area contributed by atoms with Gasteiger partial charge in [-0.2, -0.15) is 0 Å². The summed E-state index contributed by atoms with van der Waals surface area (Å²) >= 11 is 0. The first-order valence-corrected chi connectivity index (χ1v) is 6.57. The topological polar surface area (TPSA) is 0 Å². The summed E-state index contributed by atoms with van der Waals surface area (Å²) in [6, 6.07) is 0. The van der Waals surface area contributed by atoms with Crippen molar-refractivity contribution in [2.75, 3.05) is 0 Å². The second-order valence-corrected chi connectivity index (χ2v) is 5.78. The zero-order valence-electron chi connectivity index (χ0n) is 10.2. The Kier molecular flexibility index (Phi) is 3.33. The molecule has 0 heteroatoms. The Labute approximate surface area is 94.5 Å². The van der Waals surface area contributed by atoms with Gasteiger partial charge in [0.05, 0.1) is 0 Å². The highest BCUT2D eigenvalue weighted by Gasteiger charge is 2.31. The lowest BCUT2D eigenvalue weighted by Crippen LogP contribution is -2.25. The number of hydrogen-bond acceptors (Lipinski definition) is 0. The van der Waals surface area contributed by atoms with Gasteiger partial charge in [-0.15, -0.1) is 0 Å². The molecule has 2 rings (SSSR count). The third kappa shape index (κ3) is 2.53. The highest BCUT2D eigenvalue weighted by Crippen LogP contribution is 2.42. The van der Waals surface area contributed by atoms with Crippen molar-refractivity contribution in [1.82, 2.24) is 0 Å². The summed E-state index contributed by atoms with van der Waals surface area (Å²) in [6.07, 6.45) is 17.8. The third-order valence-corrected chi connectivity index (χ3v) is 4.40. The maximum Gasteiger partial charge on any atom is -0.00806 e. The summed E-state index contributed by atoms with van der Waals surface area (Å²) in [5.41, 5.74) is 0.457. The fraction of sp³-hybridized carbons (Fsp3) is 0.733. The molecule has 0 radical (unpaired) electrons. The van der Waals surface area contributed by atoms with E-state index < -0.39 is 0 Å². The Balaban J connectivity index is 2.09. The molecule has 3 atom stereocenters. The first-order chi connectivity index (χ1) is 7.21. The van der Waals surface area contributed by atoms with Crippen molar-refractivity contribution in [2.45, 2.75) is 52.4 Å². The van der Waals surface area contributed by atoms with Crippen molar-refractivity contribution >= 4 is 0 Å². The molecule has 0 aromatic carbocycles. The molecule has 0 aromatic heterocycles. The molecule has 0 amide bonds. The molecule has 0 heterocycles. The molecule has 3 unspecified atom stereocenters. The van der Waals surface area contributed by atoms with Crippen LogP contribution in [-0.4, -0.2) is 0 Å². The van der Waals surface area contributed by atoms with Crippen molar-refractivity contribution in [3.63, 3.8) is 0 Å². The Morgan fingerprint density at radius 3 is 2.73 bits per heavy atom. The van der Waals surface area contributed by atoms with Gasteiger partial charge < -0.3 is 0 Å². The summed E-state index contributed by atoms with van der Waals surface area (Å²) < 4.78 is 0. The van der Waals surface area contributed by atoms with Crippen LogP contribution in [0.5, 0.6) is 0 Å². The lowest BCUT2D eigenvalue weighted by molar-refractivity contribution is 0.262. The molecule has 1 saturated carbocycles. The first kappa shape index (κ1) is 11.0. The third-order valence-electron chi connectivity index (χ3n) is 4.40. The van der Waals surface area contributed by atoms with E-state index in [0.717, 1.165) is 11.8 Å². The maximum absolute atomic E-state index is 2.45. The highest BCUT2D eigenvalue weighted by molar-refractivity contribution is 5.19. The van der Waals surface area contributed by atoms with Gasteiger partial charge in [-0.1, -0.05) is 63.8 Å². The molecular formula is C15H24. The molecule has 1 fully saturated rings. The molecule has 0 aliphatic heterocycles. The van der Waals surface area contributed by atoms with Crippen LogP contribution in [0.4, 0.5) is 0 Å². The van der Waals surface area contributed by atoms with Gasteiger partial charge in [-0.05, 0) is 30.1 Å². The molecule has 15 heavy (non-hydrogen) atoms. The monoisotopic (exact) mass is 204 g/mol. The van der Waals surface area contributed by atoms with Crippen LogP contribution < -0.4 is 0 Å². The minimum atomic E-state index is 0.457. The Bertz CT molecular complexity index is 261. The number of rotatable bonds is 0. The lowest BCUT2D eigenvalue weighted by Gasteiger charge is -2.35. The van der Waals surface area contributed by atoms with Crippen LogP contribution in [0.15, 0.2) is 24.3 Å². The Morgan fingerprint density at radius 2 is 1.87 bits per heavy atom. The van der Waals surface area contributed by atoms with E-state index in [1.807, 2.05) is 0 Å². The predicted molar refractivity (Wildman–Crippen MR) is 66.7 cm³/mol. The van der Waals surface area contributed by atoms with Crippen LogP contribution in [0.3, 0.4) is 0 Å². The van der Waals surface area contributed by atoms with Gasteiger partial charge in [-0.25, -0.2) is 0 Å². The summed E-state index contributed by atoms with van der Waals surface area (Å²) in [4.78, 5) is 0. The van der Waals surface area contributed by atoms with E-state index in [-0.39, 0.29) is 0 Å².